The molecule has 31 heavy (non-hydrogen) atoms. The maximum absolute atomic E-state index is 11.9. The largest absolute Gasteiger partial charge is 0.390 e. The van der Waals surface area contributed by atoms with E-state index in [0.29, 0.717) is 34.1 Å². The van der Waals surface area contributed by atoms with Crippen LogP contribution in [0.2, 0.25) is 5.15 Å². The van der Waals surface area contributed by atoms with E-state index in [-0.39, 0.29) is 6.61 Å². The molecule has 7 nitrogen and oxygen atoms in total. The molecule has 0 fully saturated rings. The number of carbonyl (C=O) groups is 2. The molecule has 0 unspecified atom stereocenters. The minimum Gasteiger partial charge on any atom is -0.390 e. The number of aliphatic hydroxyl groups is 1. The van der Waals surface area contributed by atoms with Crippen molar-refractivity contribution >= 4 is 23.8 Å². The molecular formula is C23H25ClN4O3. The molecule has 0 spiro atoms. The summed E-state index contributed by atoms with van der Waals surface area (Å²) in [6.45, 7) is 2.44. The molecule has 0 aliphatic heterocycles. The Labute approximate surface area is 185 Å². The summed E-state index contributed by atoms with van der Waals surface area (Å²) in [6.07, 6.45) is 3.56. The van der Waals surface area contributed by atoms with Crippen LogP contribution in [-0.2, 0) is 19.6 Å². The van der Waals surface area contributed by atoms with Crippen LogP contribution in [0.3, 0.4) is 0 Å². The highest BCUT2D eigenvalue weighted by Gasteiger charge is 2.16. The van der Waals surface area contributed by atoms with Gasteiger partial charge in [0.15, 0.2) is 11.4 Å². The van der Waals surface area contributed by atoms with Gasteiger partial charge >= 0.3 is 0 Å². The summed E-state index contributed by atoms with van der Waals surface area (Å²) in [4.78, 5) is 27.8. The first-order valence-electron chi connectivity index (χ1n) is 10.1. The number of benzene rings is 2. The van der Waals surface area contributed by atoms with Crippen LogP contribution in [0.4, 0.5) is 0 Å². The second-order valence-corrected chi connectivity index (χ2v) is 7.56. The molecule has 0 atom stereocenters. The van der Waals surface area contributed by atoms with Gasteiger partial charge in [0.2, 0.25) is 0 Å². The molecule has 1 aromatic heterocycles. The van der Waals surface area contributed by atoms with E-state index in [1.54, 1.807) is 18.2 Å². The van der Waals surface area contributed by atoms with Crippen LogP contribution in [-0.4, -0.2) is 26.9 Å². The fraction of sp³-hybridized carbons (Fsp3) is 0.261. The van der Waals surface area contributed by atoms with E-state index >= 15 is 0 Å². The van der Waals surface area contributed by atoms with E-state index in [1.165, 1.54) is 0 Å². The van der Waals surface area contributed by atoms with Gasteiger partial charge in [-0.25, -0.2) is 10.8 Å². The zero-order chi connectivity index (χ0) is 22.4. The number of rotatable bonds is 9. The monoisotopic (exact) mass is 440 g/mol. The van der Waals surface area contributed by atoms with Gasteiger partial charge in [-0.15, -0.1) is 0 Å². The van der Waals surface area contributed by atoms with Crippen LogP contribution in [0.1, 0.15) is 57.6 Å². The molecule has 0 aliphatic rings. The molecule has 0 bridgehead atoms. The zero-order valence-electron chi connectivity index (χ0n) is 17.3. The van der Waals surface area contributed by atoms with Crippen molar-refractivity contribution < 1.29 is 14.7 Å². The van der Waals surface area contributed by atoms with Gasteiger partial charge in [0.05, 0.1) is 12.3 Å². The van der Waals surface area contributed by atoms with E-state index in [1.807, 2.05) is 28.8 Å². The number of nitrogens with zero attached hydrogens (tertiary/aromatic N) is 2. The first-order chi connectivity index (χ1) is 15.0. The number of amides is 1. The Morgan fingerprint density at radius 1 is 1.26 bits per heavy atom. The molecule has 3 rings (SSSR count). The van der Waals surface area contributed by atoms with E-state index < -0.39 is 5.91 Å². The topological polar surface area (TPSA) is 110 Å². The normalized spacial score (nSPS) is 10.8. The molecule has 1 heterocycles. The number of aromatic nitrogens is 2. The van der Waals surface area contributed by atoms with Crippen molar-refractivity contribution in [1.82, 2.24) is 15.0 Å². The molecule has 1 amide bonds. The molecule has 0 radical (unpaired) electrons. The van der Waals surface area contributed by atoms with Gasteiger partial charge in [-0.1, -0.05) is 55.3 Å². The summed E-state index contributed by atoms with van der Waals surface area (Å²) in [5.74, 6) is 5.64. The maximum Gasteiger partial charge on any atom is 0.265 e. The molecular weight excluding hydrogens is 416 g/mol. The fourth-order valence-corrected chi connectivity index (χ4v) is 3.73. The predicted molar refractivity (Wildman–Crippen MR) is 120 cm³/mol. The third-order valence-corrected chi connectivity index (χ3v) is 5.49. The summed E-state index contributed by atoms with van der Waals surface area (Å²) in [7, 11) is 0. The minimum absolute atomic E-state index is 0.186. The summed E-state index contributed by atoms with van der Waals surface area (Å²) >= 11 is 6.22. The molecule has 4 N–H and O–H groups in total. The Hall–Kier alpha value is -3.00. The van der Waals surface area contributed by atoms with Crippen LogP contribution in [0, 0.1) is 0 Å². The van der Waals surface area contributed by atoms with Crippen LogP contribution >= 0.6 is 11.6 Å². The van der Waals surface area contributed by atoms with Crippen molar-refractivity contribution in [2.75, 3.05) is 0 Å². The van der Waals surface area contributed by atoms with Gasteiger partial charge in [0.25, 0.3) is 5.91 Å². The lowest BCUT2D eigenvalue weighted by atomic mass is 9.97. The first-order valence-corrected chi connectivity index (χ1v) is 10.4. The number of hydrazine groups is 1. The lowest BCUT2D eigenvalue weighted by Crippen LogP contribution is -2.30. The summed E-state index contributed by atoms with van der Waals surface area (Å²) in [5.41, 5.74) is 5.99. The number of nitrogen functional groups attached to an aromatic ring is 1. The summed E-state index contributed by atoms with van der Waals surface area (Å²) in [6, 6.07) is 12.5. The molecule has 0 aliphatic carbocycles. The Balaban J connectivity index is 1.92. The number of aldehydes is 1. The number of halogens is 1. The highest BCUT2D eigenvalue weighted by molar-refractivity contribution is 6.30. The number of hydrogen-bond acceptors (Lipinski definition) is 5. The van der Waals surface area contributed by atoms with Crippen LogP contribution in [0.15, 0.2) is 42.5 Å². The number of imidazole rings is 1. The SMILES string of the molecule is CCCCc1nc(Cl)c(CO)n1Cc1ccc(-c2cc(C(=O)NN)ccc2C=O)cc1. The molecule has 3 aromatic rings. The second-order valence-electron chi connectivity index (χ2n) is 7.20. The van der Waals surface area contributed by atoms with Crippen molar-refractivity contribution in [2.45, 2.75) is 39.3 Å². The minimum atomic E-state index is -0.427. The number of carbonyl (C=O) groups excluding carboxylic acids is 2. The summed E-state index contributed by atoms with van der Waals surface area (Å²) < 4.78 is 1.95. The van der Waals surface area contributed by atoms with Gasteiger partial charge in [-0.3, -0.25) is 15.0 Å². The lowest BCUT2D eigenvalue weighted by Gasteiger charge is -2.12. The number of aliphatic hydroxyl groups excluding tert-OH is 1. The highest BCUT2D eigenvalue weighted by Crippen LogP contribution is 2.26. The second kappa shape index (κ2) is 10.3. The van der Waals surface area contributed by atoms with Gasteiger partial charge in [0, 0.05) is 24.1 Å². The first kappa shape index (κ1) is 22.7. The average Bonchev–Trinajstić information content (AvgIpc) is 3.10. The summed E-state index contributed by atoms with van der Waals surface area (Å²) in [5, 5.41) is 10.1. The molecule has 0 saturated carbocycles. The van der Waals surface area contributed by atoms with Gasteiger partial charge < -0.3 is 9.67 Å². The number of hydrogen-bond donors (Lipinski definition) is 3. The van der Waals surface area contributed by atoms with Crippen molar-refractivity contribution in [1.29, 1.82) is 0 Å². The van der Waals surface area contributed by atoms with Crippen molar-refractivity contribution in [2.24, 2.45) is 5.84 Å². The quantitative estimate of drug-likeness (QED) is 0.204. The van der Waals surface area contributed by atoms with Gasteiger partial charge in [-0.05, 0) is 35.2 Å². The Kier molecular flexibility index (Phi) is 7.57. The molecule has 0 saturated heterocycles. The zero-order valence-corrected chi connectivity index (χ0v) is 18.0. The highest BCUT2D eigenvalue weighted by atomic mass is 35.5. The van der Waals surface area contributed by atoms with Crippen molar-refractivity contribution in [3.63, 3.8) is 0 Å². The van der Waals surface area contributed by atoms with E-state index in [0.717, 1.165) is 42.5 Å². The Bertz CT molecular complexity index is 1080. The van der Waals surface area contributed by atoms with Crippen LogP contribution in [0.25, 0.3) is 11.1 Å². The van der Waals surface area contributed by atoms with E-state index in [4.69, 9.17) is 17.4 Å². The number of nitrogens with two attached hydrogens (primary N) is 1. The Morgan fingerprint density at radius 3 is 2.61 bits per heavy atom. The van der Waals surface area contributed by atoms with Gasteiger partial charge in [0.1, 0.15) is 5.82 Å². The third kappa shape index (κ3) is 5.02. The lowest BCUT2D eigenvalue weighted by molar-refractivity contribution is 0.0953. The standard InChI is InChI=1S/C23H25ClN4O3/c1-2-3-4-21-26-22(24)20(14-30)28(21)12-15-5-7-16(8-6-15)19-11-17(23(31)27-25)9-10-18(19)13-29/h5-11,13,30H,2-4,12,14,25H2,1H3,(H,27,31). The maximum atomic E-state index is 11.9. The fourth-order valence-electron chi connectivity index (χ4n) is 3.47. The molecule has 2 aromatic carbocycles. The van der Waals surface area contributed by atoms with Crippen LogP contribution < -0.4 is 11.3 Å². The number of nitrogens with one attached hydrogen (secondary N) is 1. The van der Waals surface area contributed by atoms with Gasteiger partial charge in [-0.2, -0.15) is 0 Å². The smallest absolute Gasteiger partial charge is 0.265 e. The number of unbranched alkanes of at least 4 members (excludes halogenated alkanes) is 1. The Morgan fingerprint density at radius 2 is 2.00 bits per heavy atom. The predicted octanol–water partition coefficient (Wildman–Crippen LogP) is 3.50. The average molecular weight is 441 g/mol. The van der Waals surface area contributed by atoms with Crippen molar-refractivity contribution in [3.8, 4) is 11.1 Å². The third-order valence-electron chi connectivity index (χ3n) is 5.19. The van der Waals surface area contributed by atoms with E-state index in [9.17, 15) is 14.7 Å². The number of aryl methyl sites for hydroxylation is 1. The van der Waals surface area contributed by atoms with E-state index in [2.05, 4.69) is 17.3 Å². The molecule has 8 heteroatoms. The molecule has 162 valence electrons. The van der Waals surface area contributed by atoms with Crippen molar-refractivity contribution in [3.05, 3.63) is 75.8 Å². The van der Waals surface area contributed by atoms with Crippen LogP contribution in [0.5, 0.6) is 0 Å².